The number of halogens is 2. The van der Waals surface area contributed by atoms with Crippen LogP contribution in [0.3, 0.4) is 0 Å². The molecule has 19 rings (SSSR count). The molecule has 16 fully saturated rings. The van der Waals surface area contributed by atoms with Crippen molar-refractivity contribution in [2.75, 3.05) is 13.1 Å². The van der Waals surface area contributed by atoms with Crippen molar-refractivity contribution in [3.63, 3.8) is 0 Å². The summed E-state index contributed by atoms with van der Waals surface area (Å²) in [6.45, 7) is 8.96. The molecule has 0 radical (unpaired) electrons. The van der Waals surface area contributed by atoms with Gasteiger partial charge in [-0.15, -0.1) is 0 Å². The monoisotopic (exact) mass is 1100 g/mol. The molecule has 3 aromatic rings. The fourth-order valence-electron chi connectivity index (χ4n) is 20.9. The fourth-order valence-corrected chi connectivity index (χ4v) is 21.7. The first-order chi connectivity index (χ1) is 34.9. The van der Waals surface area contributed by atoms with Crippen LogP contribution in [-0.4, -0.2) is 35.2 Å². The van der Waals surface area contributed by atoms with E-state index >= 15 is 0 Å². The quantitative estimate of drug-likeness (QED) is 0.137. The summed E-state index contributed by atoms with van der Waals surface area (Å²) in [5.41, 5.74) is 7.77. The largest absolute Gasteiger partial charge is 0.342 e. The Morgan fingerprint density at radius 2 is 0.917 bits per heavy atom. The third-order valence-electron chi connectivity index (χ3n) is 22.1. The van der Waals surface area contributed by atoms with Crippen molar-refractivity contribution < 1.29 is 5.32 Å². The van der Waals surface area contributed by atoms with Crippen LogP contribution in [0.4, 0.5) is 0 Å². The summed E-state index contributed by atoms with van der Waals surface area (Å²) in [4.78, 5) is 0. The summed E-state index contributed by atoms with van der Waals surface area (Å²) in [5.74, 6) is 12.6. The molecule has 0 aliphatic heterocycles. The molecule has 0 spiro atoms. The number of quaternary nitrogens is 1. The molecule has 0 heterocycles. The second-order valence-corrected chi connectivity index (χ2v) is 29.8. The van der Waals surface area contributed by atoms with Gasteiger partial charge in [0, 0.05) is 64.1 Å². The second kappa shape index (κ2) is 21.6. The Kier molecular flexibility index (Phi) is 15.3. The Labute approximate surface area is 455 Å². The molecule has 16 aliphatic carbocycles. The summed E-state index contributed by atoms with van der Waals surface area (Å²) >= 11 is 8.35. The molecule has 3 aromatic carbocycles. The van der Waals surface area contributed by atoms with Crippen molar-refractivity contribution in [2.24, 2.45) is 71.0 Å². The predicted molar refractivity (Wildman–Crippen MR) is 309 cm³/mol. The van der Waals surface area contributed by atoms with Crippen molar-refractivity contribution in [1.82, 2.24) is 16.0 Å². The lowest BCUT2D eigenvalue weighted by Crippen LogP contribution is -2.98. The van der Waals surface area contributed by atoms with E-state index in [0.29, 0.717) is 16.6 Å². The molecular formula is C66H93ClIN4+. The van der Waals surface area contributed by atoms with Crippen molar-refractivity contribution in [2.45, 2.75) is 203 Å². The van der Waals surface area contributed by atoms with Crippen molar-refractivity contribution >= 4 is 40.3 Å². The lowest BCUT2D eigenvalue weighted by molar-refractivity contribution is -0.736. The van der Waals surface area contributed by atoms with E-state index in [9.17, 15) is 0 Å². The zero-order valence-corrected chi connectivity index (χ0v) is 47.6. The zero-order chi connectivity index (χ0) is 48.9. The van der Waals surface area contributed by atoms with Crippen molar-refractivity contribution in [3.8, 4) is 0 Å². The van der Waals surface area contributed by atoms with E-state index in [1.54, 1.807) is 38.5 Å². The number of rotatable bonds is 12. The van der Waals surface area contributed by atoms with E-state index in [1.165, 1.54) is 148 Å². The van der Waals surface area contributed by atoms with Gasteiger partial charge < -0.3 is 21.3 Å². The highest BCUT2D eigenvalue weighted by molar-refractivity contribution is 14.1. The minimum atomic E-state index is 0.467. The second-order valence-electron chi connectivity index (χ2n) is 28.1. The van der Waals surface area contributed by atoms with Gasteiger partial charge in [-0.1, -0.05) is 72.3 Å². The zero-order valence-electron chi connectivity index (χ0n) is 44.6. The maximum atomic E-state index is 5.95. The molecule has 0 aromatic heterocycles. The number of hydrogen-bond acceptors (Lipinski definition) is 3. The first-order valence-electron chi connectivity index (χ1n) is 30.2. The van der Waals surface area contributed by atoms with Gasteiger partial charge in [0.25, 0.3) is 0 Å². The van der Waals surface area contributed by atoms with Crippen LogP contribution in [0.2, 0.25) is 5.02 Å². The number of aryl methyl sites for hydroxylation is 1. The van der Waals surface area contributed by atoms with Gasteiger partial charge in [-0.05, 0) is 289 Å². The Morgan fingerprint density at radius 1 is 0.514 bits per heavy atom. The van der Waals surface area contributed by atoms with E-state index in [0.717, 1.165) is 101 Å². The molecule has 0 amide bonds. The molecule has 0 unspecified atom stereocenters. The third-order valence-corrected chi connectivity index (χ3v) is 23.0. The van der Waals surface area contributed by atoms with Crippen LogP contribution in [0.15, 0.2) is 78.9 Å². The summed E-state index contributed by atoms with van der Waals surface area (Å²) in [6.07, 6.45) is 40.6. The predicted octanol–water partition coefficient (Wildman–Crippen LogP) is 14.9. The van der Waals surface area contributed by atoms with Gasteiger partial charge in [0.1, 0.15) is 0 Å². The van der Waals surface area contributed by atoms with Crippen molar-refractivity contribution in [3.05, 3.63) is 110 Å². The third kappa shape index (κ3) is 11.9. The highest BCUT2D eigenvalue weighted by Gasteiger charge is 2.54. The average Bonchev–Trinajstić information content (AvgIpc) is 3.32. The first kappa shape index (κ1) is 51.0. The van der Waals surface area contributed by atoms with E-state index in [4.69, 9.17) is 11.6 Å². The van der Waals surface area contributed by atoms with Crippen molar-refractivity contribution in [1.29, 1.82) is 0 Å². The fraction of sp³-hybridized carbons (Fsp3) is 0.697. The smallest absolute Gasteiger partial charge is 0.0969 e. The van der Waals surface area contributed by atoms with E-state index in [-0.39, 0.29) is 0 Å². The first-order valence-corrected chi connectivity index (χ1v) is 31.7. The highest BCUT2D eigenvalue weighted by Crippen LogP contribution is 2.58. The van der Waals surface area contributed by atoms with Gasteiger partial charge in [-0.25, -0.2) is 0 Å². The van der Waals surface area contributed by atoms with Gasteiger partial charge in [-0.2, -0.15) is 0 Å². The lowest BCUT2D eigenvalue weighted by Gasteiger charge is -2.57. The van der Waals surface area contributed by atoms with E-state index in [1.807, 2.05) is 12.1 Å². The van der Waals surface area contributed by atoms with Crippen LogP contribution in [0.5, 0.6) is 0 Å². The Hall–Kier alpha value is -1.74. The minimum Gasteiger partial charge on any atom is -0.342 e. The van der Waals surface area contributed by atoms with E-state index < -0.39 is 0 Å². The molecule has 6 heteroatoms. The number of nitrogens with two attached hydrogens (primary N) is 1. The molecule has 16 aliphatic rings. The Morgan fingerprint density at radius 3 is 1.33 bits per heavy atom. The van der Waals surface area contributed by atoms with Gasteiger partial charge in [0.2, 0.25) is 0 Å². The highest BCUT2D eigenvalue weighted by atomic mass is 127. The molecule has 16 saturated carbocycles. The van der Waals surface area contributed by atoms with Crippen LogP contribution in [0.1, 0.15) is 183 Å². The molecule has 5 N–H and O–H groups in total. The summed E-state index contributed by atoms with van der Waals surface area (Å²) in [5, 5.41) is 15.3. The van der Waals surface area contributed by atoms with Crippen LogP contribution < -0.4 is 21.3 Å². The molecular weight excluding hydrogens is 1010 g/mol. The van der Waals surface area contributed by atoms with Crippen LogP contribution in [0.25, 0.3) is 6.08 Å². The molecule has 0 atom stereocenters. The maximum absolute atomic E-state index is 5.95. The summed E-state index contributed by atoms with van der Waals surface area (Å²) in [7, 11) is 0. The van der Waals surface area contributed by atoms with Crippen LogP contribution >= 0.6 is 34.2 Å². The standard InChI is InChI=1S/C19H25N.C18H24IN.C17H22ClN.C12H21N/c1-2-5-15(6-3-1)7-4-8-20-19-12-16-9-17(13-19)11-18(10-16)14-19;1-12-4-17(19)3-2-16(12)11-20-18-8-13-5-14(9-18)7-15(6-13)10-18;18-16-3-1-12(2-4-16)11-19-17-8-13-5-14(9-17)7-15(6-13)10-17;1-2-13-12-6-9-3-10(7-12)5-11(4-9)8-12/h1-7,16-18,20H,8-14H2;2-4,13-15,20H,5-11H2,1H3;1-4,13-15,19H,5-11H2;9-11,13H,2-8H2,1H3/p+1/b7-4+;;;. The lowest BCUT2D eigenvalue weighted by atomic mass is 9.53. The SMILES string of the molecule is C(=C\c1ccccc1)/CNC12CC3CC(CC(C3)C1)C2.CC[NH2+]C12CC3CC(CC(C3)C1)C2.Cc1cc(I)ccc1CNC12CC3CC(CC(C3)C1)C2.Clc1ccc(CNC23CC4CC(CC(C4)C2)C3)cc1. The molecule has 16 bridgehead atoms. The number of nitrogens with one attached hydrogen (secondary N) is 3. The number of hydrogen-bond donors (Lipinski definition) is 4. The van der Waals surface area contributed by atoms with Gasteiger partial charge in [-0.3, -0.25) is 0 Å². The van der Waals surface area contributed by atoms with Gasteiger partial charge in [0.05, 0.1) is 12.1 Å². The average molecular weight is 1100 g/mol. The Balaban J connectivity index is 0.0000000992. The topological polar surface area (TPSA) is 52.7 Å². The number of benzene rings is 3. The maximum Gasteiger partial charge on any atom is 0.0969 e. The van der Waals surface area contributed by atoms with Crippen LogP contribution in [0, 0.1) is 81.5 Å². The minimum absolute atomic E-state index is 0.467. The Bertz CT molecular complexity index is 2180. The normalized spacial score (nSPS) is 41.4. The van der Waals surface area contributed by atoms with Gasteiger partial charge in [0.15, 0.2) is 0 Å². The summed E-state index contributed by atoms with van der Waals surface area (Å²) < 4.78 is 1.35. The molecule has 72 heavy (non-hydrogen) atoms. The molecule has 4 nitrogen and oxygen atoms in total. The van der Waals surface area contributed by atoms with Gasteiger partial charge >= 0.3 is 0 Å². The molecule has 0 saturated heterocycles. The molecule has 390 valence electrons. The van der Waals surface area contributed by atoms with E-state index in [2.05, 4.69) is 131 Å². The summed E-state index contributed by atoms with van der Waals surface area (Å²) in [6, 6.07) is 25.8. The van der Waals surface area contributed by atoms with Crippen LogP contribution in [-0.2, 0) is 13.1 Å².